The van der Waals surface area contributed by atoms with E-state index in [1.54, 1.807) is 10.6 Å². The van der Waals surface area contributed by atoms with E-state index in [9.17, 15) is 14.0 Å². The van der Waals surface area contributed by atoms with Crippen molar-refractivity contribution in [2.75, 3.05) is 11.1 Å². The van der Waals surface area contributed by atoms with Gasteiger partial charge < -0.3 is 9.88 Å². The van der Waals surface area contributed by atoms with E-state index in [1.807, 2.05) is 32.0 Å². The number of thioether (sulfide) groups is 1. The molecular weight excluding hydrogens is 415 g/mol. The molecule has 6 nitrogen and oxygen atoms in total. The molecule has 0 atom stereocenters. The maximum absolute atomic E-state index is 13.0. The van der Waals surface area contributed by atoms with Crippen LogP contribution in [0, 0.1) is 19.7 Å². The number of amides is 1. The lowest BCUT2D eigenvalue weighted by Gasteiger charge is -2.09. The Hall–Kier alpha value is -3.26. The smallest absolute Gasteiger partial charge is 0.232 e. The largest absolute Gasteiger partial charge is 0.326 e. The Morgan fingerprint density at radius 3 is 2.55 bits per heavy atom. The van der Waals surface area contributed by atoms with E-state index in [0.29, 0.717) is 23.1 Å². The quantitative estimate of drug-likeness (QED) is 0.305. The van der Waals surface area contributed by atoms with Gasteiger partial charge in [-0.3, -0.25) is 9.59 Å². The third kappa shape index (κ3) is 5.88. The van der Waals surface area contributed by atoms with Gasteiger partial charge in [0.25, 0.3) is 0 Å². The second-order valence-corrected chi connectivity index (χ2v) is 7.98. The molecule has 3 aromatic rings. The number of hydrogen-bond acceptors (Lipinski definition) is 5. The van der Waals surface area contributed by atoms with E-state index in [4.69, 9.17) is 0 Å². The number of carbonyl (C=O) groups excluding carboxylic acids is 2. The minimum absolute atomic E-state index is 0.0419. The highest BCUT2D eigenvalue weighted by molar-refractivity contribution is 7.99. The number of hydrogen-bond donors (Lipinski definition) is 1. The normalized spacial score (nSPS) is 10.7. The van der Waals surface area contributed by atoms with Crippen LogP contribution in [0.25, 0.3) is 0 Å². The van der Waals surface area contributed by atoms with Crippen molar-refractivity contribution in [2.45, 2.75) is 32.0 Å². The fourth-order valence-corrected chi connectivity index (χ4v) is 3.75. The zero-order chi connectivity index (χ0) is 22.4. The summed E-state index contributed by atoms with van der Waals surface area (Å²) in [6.07, 6.45) is 1.72. The summed E-state index contributed by atoms with van der Waals surface area (Å²) in [5.41, 5.74) is 3.40. The van der Waals surface area contributed by atoms with Crippen molar-refractivity contribution in [1.29, 1.82) is 0 Å². The number of benzene rings is 2. The lowest BCUT2D eigenvalue weighted by atomic mass is 10.1. The molecule has 0 fully saturated rings. The predicted molar refractivity (Wildman–Crippen MR) is 120 cm³/mol. The van der Waals surface area contributed by atoms with E-state index in [2.05, 4.69) is 22.1 Å². The number of aryl methyl sites for hydroxylation is 2. The third-order valence-electron chi connectivity index (χ3n) is 4.71. The van der Waals surface area contributed by atoms with Gasteiger partial charge in [0.15, 0.2) is 10.9 Å². The lowest BCUT2D eigenvalue weighted by molar-refractivity contribution is -0.115. The first-order valence-electron chi connectivity index (χ1n) is 9.69. The molecule has 0 spiro atoms. The zero-order valence-corrected chi connectivity index (χ0v) is 18.2. The topological polar surface area (TPSA) is 76.9 Å². The van der Waals surface area contributed by atoms with Crippen molar-refractivity contribution in [3.63, 3.8) is 0 Å². The monoisotopic (exact) mass is 438 g/mol. The second-order valence-electron chi connectivity index (χ2n) is 7.04. The fraction of sp³-hybridized carbons (Fsp3) is 0.217. The van der Waals surface area contributed by atoms with E-state index in [-0.39, 0.29) is 23.9 Å². The van der Waals surface area contributed by atoms with Crippen molar-refractivity contribution in [3.8, 4) is 0 Å². The molecule has 8 heteroatoms. The highest BCUT2D eigenvalue weighted by atomic mass is 32.2. The minimum Gasteiger partial charge on any atom is -0.326 e. The van der Waals surface area contributed by atoms with E-state index in [0.717, 1.165) is 16.8 Å². The minimum atomic E-state index is -0.390. The second kappa shape index (κ2) is 10.2. The Balaban J connectivity index is 1.66. The van der Waals surface area contributed by atoms with Gasteiger partial charge in [-0.05, 0) is 61.4 Å². The number of Topliss-reactive ketones (excluding diaryl/α,β-unsaturated/α-hetero) is 1. The van der Waals surface area contributed by atoms with Crippen molar-refractivity contribution >= 4 is 29.1 Å². The SMILES string of the molecule is C=CCn1c(CC(=O)Nc2ccc(C)c(C)c2)nnc1SCC(=O)c1ccc(F)cc1. The fourth-order valence-electron chi connectivity index (χ4n) is 2.89. The van der Waals surface area contributed by atoms with Gasteiger partial charge in [0.2, 0.25) is 5.91 Å². The summed E-state index contributed by atoms with van der Waals surface area (Å²) in [5, 5.41) is 11.7. The maximum atomic E-state index is 13.0. The number of ketones is 1. The van der Waals surface area contributed by atoms with Crippen LogP contribution in [0.2, 0.25) is 0 Å². The van der Waals surface area contributed by atoms with Crippen molar-refractivity contribution in [2.24, 2.45) is 0 Å². The Labute approximate surface area is 184 Å². The average Bonchev–Trinajstić information content (AvgIpc) is 3.11. The molecule has 0 radical (unpaired) electrons. The molecule has 1 N–H and O–H groups in total. The summed E-state index contributed by atoms with van der Waals surface area (Å²) in [7, 11) is 0. The summed E-state index contributed by atoms with van der Waals surface area (Å²) < 4.78 is 14.8. The molecule has 31 heavy (non-hydrogen) atoms. The maximum Gasteiger partial charge on any atom is 0.232 e. The lowest BCUT2D eigenvalue weighted by Crippen LogP contribution is -2.18. The molecular formula is C23H23FN4O2S. The standard InChI is InChI=1S/C23H23FN4O2S/c1-4-11-28-21(13-22(30)25-19-10-5-15(2)16(3)12-19)26-27-23(28)31-14-20(29)17-6-8-18(24)9-7-17/h4-10,12H,1,11,13-14H2,2-3H3,(H,25,30). The van der Waals surface area contributed by atoms with Crippen LogP contribution in [-0.4, -0.2) is 32.2 Å². The Bertz CT molecular complexity index is 1110. The first kappa shape index (κ1) is 22.4. The van der Waals surface area contributed by atoms with Crippen molar-refractivity contribution in [1.82, 2.24) is 14.8 Å². The number of nitrogens with one attached hydrogen (secondary N) is 1. The zero-order valence-electron chi connectivity index (χ0n) is 17.4. The summed E-state index contributed by atoms with van der Waals surface area (Å²) in [6.45, 7) is 8.16. The molecule has 2 aromatic carbocycles. The summed E-state index contributed by atoms with van der Waals surface area (Å²) in [4.78, 5) is 24.9. The first-order valence-corrected chi connectivity index (χ1v) is 10.7. The summed E-state index contributed by atoms with van der Waals surface area (Å²) >= 11 is 1.22. The van der Waals surface area contributed by atoms with Crippen molar-refractivity contribution in [3.05, 3.63) is 83.5 Å². The van der Waals surface area contributed by atoms with Crippen LogP contribution in [0.4, 0.5) is 10.1 Å². The predicted octanol–water partition coefficient (Wildman–Crippen LogP) is 4.38. The molecule has 0 aliphatic carbocycles. The highest BCUT2D eigenvalue weighted by Gasteiger charge is 2.17. The van der Waals surface area contributed by atoms with Gasteiger partial charge in [-0.2, -0.15) is 0 Å². The third-order valence-corrected chi connectivity index (χ3v) is 5.68. The van der Waals surface area contributed by atoms with Gasteiger partial charge in [-0.15, -0.1) is 16.8 Å². The Morgan fingerprint density at radius 1 is 1.13 bits per heavy atom. The van der Waals surface area contributed by atoms with E-state index >= 15 is 0 Å². The molecule has 1 aromatic heterocycles. The van der Waals surface area contributed by atoms with Gasteiger partial charge >= 0.3 is 0 Å². The number of halogens is 1. The van der Waals surface area contributed by atoms with Crippen LogP contribution in [-0.2, 0) is 17.8 Å². The molecule has 0 aliphatic rings. The number of anilines is 1. The van der Waals surface area contributed by atoms with Crippen LogP contribution < -0.4 is 5.32 Å². The molecule has 1 heterocycles. The molecule has 0 saturated heterocycles. The summed E-state index contributed by atoms with van der Waals surface area (Å²) in [5.74, 6) is -0.140. The number of allylic oxidation sites excluding steroid dienone is 1. The molecule has 0 aliphatic heterocycles. The van der Waals surface area contributed by atoms with Crippen molar-refractivity contribution < 1.29 is 14.0 Å². The van der Waals surface area contributed by atoms with Crippen LogP contribution in [0.3, 0.4) is 0 Å². The molecule has 0 unspecified atom stereocenters. The van der Waals surface area contributed by atoms with Gasteiger partial charge in [0.1, 0.15) is 11.6 Å². The molecule has 160 valence electrons. The van der Waals surface area contributed by atoms with Gasteiger partial charge in [0, 0.05) is 17.8 Å². The van der Waals surface area contributed by atoms with Crippen LogP contribution in [0.1, 0.15) is 27.3 Å². The molecule has 3 rings (SSSR count). The van der Waals surface area contributed by atoms with Gasteiger partial charge in [0.05, 0.1) is 12.2 Å². The molecule has 1 amide bonds. The number of nitrogens with zero attached hydrogens (tertiary/aromatic N) is 3. The molecule has 0 bridgehead atoms. The van der Waals surface area contributed by atoms with E-state index in [1.165, 1.54) is 36.0 Å². The number of aromatic nitrogens is 3. The Kier molecular flexibility index (Phi) is 7.36. The average molecular weight is 439 g/mol. The number of carbonyl (C=O) groups is 2. The molecule has 0 saturated carbocycles. The highest BCUT2D eigenvalue weighted by Crippen LogP contribution is 2.20. The van der Waals surface area contributed by atoms with Gasteiger partial charge in [-0.1, -0.05) is 23.9 Å². The number of rotatable bonds is 9. The first-order chi connectivity index (χ1) is 14.9. The van der Waals surface area contributed by atoms with E-state index < -0.39 is 5.82 Å². The Morgan fingerprint density at radius 2 is 1.87 bits per heavy atom. The van der Waals surface area contributed by atoms with Gasteiger partial charge in [-0.25, -0.2) is 4.39 Å². The van der Waals surface area contributed by atoms with Crippen LogP contribution in [0.5, 0.6) is 0 Å². The van der Waals surface area contributed by atoms with Crippen LogP contribution >= 0.6 is 11.8 Å². The summed E-state index contributed by atoms with van der Waals surface area (Å²) in [6, 6.07) is 11.2. The van der Waals surface area contributed by atoms with Crippen LogP contribution in [0.15, 0.2) is 60.3 Å².